The van der Waals surface area contributed by atoms with Gasteiger partial charge in [0.2, 0.25) is 0 Å². The molecule has 0 unspecified atom stereocenters. The summed E-state index contributed by atoms with van der Waals surface area (Å²) in [5.74, 6) is 1.23. The van der Waals surface area contributed by atoms with Gasteiger partial charge in [0.15, 0.2) is 17.7 Å². The lowest BCUT2D eigenvalue weighted by atomic mass is 9.83. The van der Waals surface area contributed by atoms with Crippen molar-refractivity contribution < 1.29 is 29.0 Å². The summed E-state index contributed by atoms with van der Waals surface area (Å²) in [4.78, 5) is 14.3. The standard InChI is InChI=1S/C24H30N6O7/c1-14-7-9-19(34-4)17(11-14)29(13-20-25-27-28(3)26-20)21-16-12-15(30(32)33)8-10-18(16)37-24(2,22(21)31)23(35-5)36-6/h7-12,21-23,31H,13H2,1-6H3/t21-,22+,24-/m0/s1. The lowest BCUT2D eigenvalue weighted by molar-refractivity contribution is -0.385. The number of tetrazole rings is 1. The van der Waals surface area contributed by atoms with E-state index in [0.29, 0.717) is 28.6 Å². The van der Waals surface area contributed by atoms with Crippen LogP contribution < -0.4 is 14.4 Å². The molecule has 0 radical (unpaired) electrons. The molecule has 2 heterocycles. The molecular formula is C24H30N6O7. The fourth-order valence-corrected chi connectivity index (χ4v) is 4.74. The van der Waals surface area contributed by atoms with Crippen LogP contribution in [0.15, 0.2) is 36.4 Å². The van der Waals surface area contributed by atoms with Gasteiger partial charge in [-0.25, -0.2) is 0 Å². The van der Waals surface area contributed by atoms with Crippen LogP contribution in [0, 0.1) is 17.0 Å². The number of aliphatic hydroxyl groups excluding tert-OH is 1. The van der Waals surface area contributed by atoms with E-state index in [9.17, 15) is 15.2 Å². The minimum Gasteiger partial charge on any atom is -0.495 e. The number of methoxy groups -OCH3 is 3. The number of rotatable bonds is 9. The molecule has 1 aliphatic heterocycles. The zero-order valence-electron chi connectivity index (χ0n) is 21.5. The summed E-state index contributed by atoms with van der Waals surface area (Å²) in [6.45, 7) is 3.69. The Bertz CT molecular complexity index is 1280. The number of non-ortho nitro benzene ring substituents is 1. The quantitative estimate of drug-likeness (QED) is 0.255. The summed E-state index contributed by atoms with van der Waals surface area (Å²) in [6, 6.07) is 8.99. The molecule has 1 aromatic heterocycles. The van der Waals surface area contributed by atoms with Gasteiger partial charge in [-0.2, -0.15) is 4.80 Å². The topological polar surface area (TPSA) is 147 Å². The van der Waals surface area contributed by atoms with E-state index in [1.807, 2.05) is 30.0 Å². The van der Waals surface area contributed by atoms with Crippen LogP contribution in [0.4, 0.5) is 11.4 Å². The van der Waals surface area contributed by atoms with Gasteiger partial charge in [0.25, 0.3) is 5.69 Å². The summed E-state index contributed by atoms with van der Waals surface area (Å²) in [5, 5.41) is 36.0. The Balaban J connectivity index is 1.98. The van der Waals surface area contributed by atoms with E-state index in [2.05, 4.69) is 15.4 Å². The number of aryl methyl sites for hydroxylation is 2. The summed E-state index contributed by atoms with van der Waals surface area (Å²) >= 11 is 0. The van der Waals surface area contributed by atoms with E-state index in [1.54, 1.807) is 21.1 Å². The lowest BCUT2D eigenvalue weighted by Gasteiger charge is -2.49. The maximum atomic E-state index is 11.9. The van der Waals surface area contributed by atoms with Gasteiger partial charge in [0, 0.05) is 31.9 Å². The Hall–Kier alpha value is -3.81. The number of benzene rings is 2. The number of nitro benzene ring substituents is 1. The Morgan fingerprint density at radius 1 is 1.24 bits per heavy atom. The molecule has 4 rings (SSSR count). The highest BCUT2D eigenvalue weighted by molar-refractivity contribution is 5.63. The molecule has 198 valence electrons. The third-order valence-corrected chi connectivity index (χ3v) is 6.48. The third-order valence-electron chi connectivity index (χ3n) is 6.48. The first-order chi connectivity index (χ1) is 17.6. The van der Waals surface area contributed by atoms with Crippen LogP contribution in [0.3, 0.4) is 0 Å². The van der Waals surface area contributed by atoms with Crippen LogP contribution in [-0.2, 0) is 23.1 Å². The van der Waals surface area contributed by atoms with E-state index in [4.69, 9.17) is 18.9 Å². The number of nitrogens with zero attached hydrogens (tertiary/aromatic N) is 6. The maximum Gasteiger partial charge on any atom is 0.270 e. The molecule has 3 aromatic rings. The first kappa shape index (κ1) is 26.3. The minimum atomic E-state index is -1.40. The van der Waals surface area contributed by atoms with Gasteiger partial charge >= 0.3 is 0 Å². The second kappa shape index (κ2) is 10.3. The fourth-order valence-electron chi connectivity index (χ4n) is 4.74. The molecule has 0 amide bonds. The summed E-state index contributed by atoms with van der Waals surface area (Å²) in [6.07, 6.45) is -2.27. The third kappa shape index (κ3) is 4.80. The summed E-state index contributed by atoms with van der Waals surface area (Å²) in [5.41, 5.74) is 0.405. The van der Waals surface area contributed by atoms with Crippen molar-refractivity contribution >= 4 is 11.4 Å². The second-order valence-corrected chi connectivity index (χ2v) is 8.96. The van der Waals surface area contributed by atoms with E-state index >= 15 is 0 Å². The van der Waals surface area contributed by atoms with Crippen LogP contribution in [0.1, 0.15) is 29.9 Å². The Morgan fingerprint density at radius 3 is 2.57 bits per heavy atom. The molecule has 1 N–H and O–H groups in total. The van der Waals surface area contributed by atoms with Crippen molar-refractivity contribution in [3.8, 4) is 11.5 Å². The van der Waals surface area contributed by atoms with Crippen molar-refractivity contribution in [2.45, 2.75) is 44.4 Å². The molecule has 0 saturated carbocycles. The number of nitro groups is 1. The normalized spacial score (nSPS) is 20.9. The van der Waals surface area contributed by atoms with Gasteiger partial charge in [-0.3, -0.25) is 10.1 Å². The molecule has 0 fully saturated rings. The average Bonchev–Trinajstić information content (AvgIpc) is 3.28. The van der Waals surface area contributed by atoms with E-state index in [1.165, 1.54) is 37.2 Å². The fraction of sp³-hybridized carbons (Fsp3) is 0.458. The molecule has 37 heavy (non-hydrogen) atoms. The van der Waals surface area contributed by atoms with Crippen molar-refractivity contribution in [2.24, 2.45) is 7.05 Å². The molecule has 1 aliphatic rings. The van der Waals surface area contributed by atoms with Gasteiger partial charge in [-0.1, -0.05) is 6.07 Å². The number of ether oxygens (including phenoxy) is 4. The Morgan fingerprint density at radius 2 is 1.97 bits per heavy atom. The molecule has 13 heteroatoms. The van der Waals surface area contributed by atoms with Gasteiger partial charge < -0.3 is 29.0 Å². The first-order valence-electron chi connectivity index (χ1n) is 11.5. The highest BCUT2D eigenvalue weighted by Crippen LogP contribution is 2.49. The van der Waals surface area contributed by atoms with E-state index in [0.717, 1.165) is 5.56 Å². The molecule has 0 spiro atoms. The van der Waals surface area contributed by atoms with Crippen molar-refractivity contribution in [3.63, 3.8) is 0 Å². The molecule has 0 bridgehead atoms. The SMILES string of the molecule is COc1ccc(C)cc1N(Cc1nnn(C)n1)[C@H]1c2cc([N+](=O)[O-])ccc2O[C@](C)(C(OC)OC)[C@@H]1O. The second-order valence-electron chi connectivity index (χ2n) is 8.96. The largest absolute Gasteiger partial charge is 0.495 e. The predicted molar refractivity (Wildman–Crippen MR) is 131 cm³/mol. The smallest absolute Gasteiger partial charge is 0.270 e. The van der Waals surface area contributed by atoms with Crippen molar-refractivity contribution in [2.75, 3.05) is 26.2 Å². The van der Waals surface area contributed by atoms with Crippen molar-refractivity contribution in [3.05, 3.63) is 63.5 Å². The van der Waals surface area contributed by atoms with Crippen LogP contribution in [0.2, 0.25) is 0 Å². The maximum absolute atomic E-state index is 11.9. The van der Waals surface area contributed by atoms with Gasteiger partial charge in [-0.15, -0.1) is 10.2 Å². The van der Waals surface area contributed by atoms with Crippen molar-refractivity contribution in [1.29, 1.82) is 0 Å². The number of fused-ring (bicyclic) bond motifs is 1. The molecule has 3 atom stereocenters. The Kier molecular flexibility index (Phi) is 7.30. The monoisotopic (exact) mass is 514 g/mol. The van der Waals surface area contributed by atoms with Gasteiger partial charge in [-0.05, 0) is 42.8 Å². The predicted octanol–water partition coefficient (Wildman–Crippen LogP) is 2.31. The number of hydrogen-bond acceptors (Lipinski definition) is 11. The van der Waals surface area contributed by atoms with Crippen molar-refractivity contribution in [1.82, 2.24) is 20.2 Å². The zero-order chi connectivity index (χ0) is 26.9. The molecule has 0 saturated heterocycles. The van der Waals surface area contributed by atoms with Crippen LogP contribution >= 0.6 is 0 Å². The lowest BCUT2D eigenvalue weighted by Crippen LogP contribution is -2.62. The Labute approximate surface area is 213 Å². The van der Waals surface area contributed by atoms with E-state index in [-0.39, 0.29) is 12.2 Å². The highest BCUT2D eigenvalue weighted by atomic mass is 16.7. The van der Waals surface area contributed by atoms with Crippen LogP contribution in [-0.4, -0.2) is 69.6 Å². The van der Waals surface area contributed by atoms with Gasteiger partial charge in [0.1, 0.15) is 17.6 Å². The number of aromatic nitrogens is 4. The minimum absolute atomic E-state index is 0.0955. The zero-order valence-corrected chi connectivity index (χ0v) is 21.5. The molecule has 0 aliphatic carbocycles. The van der Waals surface area contributed by atoms with Crippen LogP contribution in [0.5, 0.6) is 11.5 Å². The summed E-state index contributed by atoms with van der Waals surface area (Å²) in [7, 11) is 6.08. The van der Waals surface area contributed by atoms with E-state index < -0.39 is 29.0 Å². The number of aliphatic hydroxyl groups is 1. The van der Waals surface area contributed by atoms with Gasteiger partial charge in [0.05, 0.1) is 37.4 Å². The molecular weight excluding hydrogens is 484 g/mol. The molecule has 13 nitrogen and oxygen atoms in total. The highest BCUT2D eigenvalue weighted by Gasteiger charge is 2.54. The average molecular weight is 515 g/mol. The number of anilines is 1. The number of hydrogen-bond donors (Lipinski definition) is 1. The van der Waals surface area contributed by atoms with Crippen LogP contribution in [0.25, 0.3) is 0 Å². The first-order valence-corrected chi connectivity index (χ1v) is 11.5. The summed E-state index contributed by atoms with van der Waals surface area (Å²) < 4.78 is 22.9. The molecule has 2 aromatic carbocycles.